The molecule has 0 aromatic heterocycles. The minimum Gasteiger partial charge on any atom is -0.370 e. The molecule has 0 spiro atoms. The van der Waals surface area contributed by atoms with Crippen molar-refractivity contribution < 1.29 is 17.9 Å². The lowest BCUT2D eigenvalue weighted by Gasteiger charge is -2.29. The number of ether oxygens (including phenoxy) is 1. The fourth-order valence-corrected chi connectivity index (χ4v) is 1.83. The van der Waals surface area contributed by atoms with Gasteiger partial charge in [0.25, 0.3) is 0 Å². The van der Waals surface area contributed by atoms with Crippen LogP contribution in [0.25, 0.3) is 0 Å². The van der Waals surface area contributed by atoms with E-state index in [0.717, 1.165) is 20.1 Å². The zero-order chi connectivity index (χ0) is 10.1. The average Bonchev–Trinajstić information content (AvgIpc) is 2.35. The van der Waals surface area contributed by atoms with E-state index in [-0.39, 0.29) is 0 Å². The molecule has 1 saturated heterocycles. The Morgan fingerprint density at radius 1 is 1.46 bits per heavy atom. The number of likely N-dealkylation sites (tertiary alicyclic amines) is 1. The number of hydrogen-bond acceptors (Lipinski definition) is 2. The van der Waals surface area contributed by atoms with E-state index in [2.05, 4.69) is 4.74 Å². The molecule has 2 unspecified atom stereocenters. The largest absolute Gasteiger partial charge is 0.416 e. The van der Waals surface area contributed by atoms with Crippen molar-refractivity contribution >= 4 is 0 Å². The summed E-state index contributed by atoms with van der Waals surface area (Å²) in [6.45, 7) is 0.723. The monoisotopic (exact) mass is 197 g/mol. The predicted molar refractivity (Wildman–Crippen MR) is 42.5 cm³/mol. The van der Waals surface area contributed by atoms with Gasteiger partial charge in [-0.05, 0) is 26.4 Å². The second-order valence-corrected chi connectivity index (χ2v) is 3.39. The molecule has 13 heavy (non-hydrogen) atoms. The summed E-state index contributed by atoms with van der Waals surface area (Å²) in [5.74, 6) is 0. The normalized spacial score (nSPS) is 27.9. The summed E-state index contributed by atoms with van der Waals surface area (Å²) in [4.78, 5) is 1.71. The third-order valence-corrected chi connectivity index (χ3v) is 2.50. The fourth-order valence-electron chi connectivity index (χ4n) is 1.83. The Labute approximate surface area is 75.7 Å². The molecule has 0 N–H and O–H groups in total. The lowest BCUT2D eigenvalue weighted by Crippen LogP contribution is -2.46. The summed E-state index contributed by atoms with van der Waals surface area (Å²) in [5.41, 5.74) is 0. The molecular weight excluding hydrogens is 183 g/mol. The molecule has 0 aliphatic carbocycles. The Hall–Kier alpha value is -0.290. The molecule has 2 nitrogen and oxygen atoms in total. The van der Waals surface area contributed by atoms with E-state index in [9.17, 15) is 13.2 Å². The van der Waals surface area contributed by atoms with Crippen LogP contribution in [0.5, 0.6) is 0 Å². The highest BCUT2D eigenvalue weighted by Crippen LogP contribution is 2.31. The smallest absolute Gasteiger partial charge is 0.370 e. The SMILES string of the molecule is COC(C1CCCN1C)C(F)(F)F. The van der Waals surface area contributed by atoms with Crippen molar-refractivity contribution in [1.29, 1.82) is 0 Å². The van der Waals surface area contributed by atoms with Crippen LogP contribution in [0.3, 0.4) is 0 Å². The van der Waals surface area contributed by atoms with Gasteiger partial charge in [0.15, 0.2) is 6.10 Å². The van der Waals surface area contributed by atoms with Gasteiger partial charge in [0, 0.05) is 13.2 Å². The Morgan fingerprint density at radius 3 is 2.38 bits per heavy atom. The zero-order valence-electron chi connectivity index (χ0n) is 7.77. The first-order valence-electron chi connectivity index (χ1n) is 4.26. The maximum Gasteiger partial charge on any atom is 0.416 e. The number of hydrogen-bond donors (Lipinski definition) is 0. The maximum atomic E-state index is 12.4. The Balaban J connectivity index is 2.66. The minimum atomic E-state index is -4.25. The van der Waals surface area contributed by atoms with E-state index in [4.69, 9.17) is 0 Å². The number of likely N-dealkylation sites (N-methyl/N-ethyl adjacent to an activating group) is 1. The molecular formula is C8H14F3NO. The molecule has 1 rings (SSSR count). The summed E-state index contributed by atoms with van der Waals surface area (Å²) >= 11 is 0. The van der Waals surface area contributed by atoms with Crippen LogP contribution in [0, 0.1) is 0 Å². The Kier molecular flexibility index (Phi) is 3.18. The molecule has 0 radical (unpaired) electrons. The number of nitrogens with zero attached hydrogens (tertiary/aromatic N) is 1. The first-order chi connectivity index (χ1) is 5.96. The first kappa shape index (κ1) is 10.8. The zero-order valence-corrected chi connectivity index (χ0v) is 7.77. The summed E-state index contributed by atoms with van der Waals surface area (Å²) in [5, 5.41) is 0. The first-order valence-corrected chi connectivity index (χ1v) is 4.26. The van der Waals surface area contributed by atoms with Crippen molar-refractivity contribution in [2.45, 2.75) is 31.2 Å². The van der Waals surface area contributed by atoms with E-state index >= 15 is 0 Å². The third-order valence-electron chi connectivity index (χ3n) is 2.50. The van der Waals surface area contributed by atoms with E-state index in [0.29, 0.717) is 6.42 Å². The van der Waals surface area contributed by atoms with Gasteiger partial charge in [0.2, 0.25) is 0 Å². The molecule has 5 heteroatoms. The van der Waals surface area contributed by atoms with Gasteiger partial charge in [-0.2, -0.15) is 13.2 Å². The van der Waals surface area contributed by atoms with Crippen LogP contribution in [0.2, 0.25) is 0 Å². The van der Waals surface area contributed by atoms with E-state index < -0.39 is 18.3 Å². The Morgan fingerprint density at radius 2 is 2.08 bits per heavy atom. The predicted octanol–water partition coefficient (Wildman–Crippen LogP) is 1.66. The van der Waals surface area contributed by atoms with Gasteiger partial charge >= 0.3 is 6.18 Å². The van der Waals surface area contributed by atoms with Crippen molar-refractivity contribution in [3.63, 3.8) is 0 Å². The molecule has 1 aliphatic rings. The number of methoxy groups -OCH3 is 1. The molecule has 1 fully saturated rings. The Bertz CT molecular complexity index is 171. The van der Waals surface area contributed by atoms with Crippen LogP contribution in [-0.2, 0) is 4.74 Å². The number of rotatable bonds is 2. The highest BCUT2D eigenvalue weighted by molar-refractivity contribution is 4.87. The van der Waals surface area contributed by atoms with Gasteiger partial charge in [-0.1, -0.05) is 0 Å². The van der Waals surface area contributed by atoms with Crippen molar-refractivity contribution in [3.05, 3.63) is 0 Å². The topological polar surface area (TPSA) is 12.5 Å². The highest BCUT2D eigenvalue weighted by Gasteiger charge is 2.47. The minimum absolute atomic E-state index is 0.509. The van der Waals surface area contributed by atoms with Crippen molar-refractivity contribution in [2.24, 2.45) is 0 Å². The van der Waals surface area contributed by atoms with Crippen LogP contribution < -0.4 is 0 Å². The van der Waals surface area contributed by atoms with Crippen LogP contribution in [-0.4, -0.2) is 43.9 Å². The van der Waals surface area contributed by atoms with E-state index in [1.165, 1.54) is 0 Å². The number of halogens is 3. The fraction of sp³-hybridized carbons (Fsp3) is 1.00. The van der Waals surface area contributed by atoms with E-state index in [1.54, 1.807) is 11.9 Å². The molecule has 1 heterocycles. The summed E-state index contributed by atoms with van der Waals surface area (Å²) in [7, 11) is 2.82. The average molecular weight is 197 g/mol. The molecule has 0 saturated carbocycles. The van der Waals surface area contributed by atoms with Crippen LogP contribution in [0.4, 0.5) is 13.2 Å². The van der Waals surface area contributed by atoms with E-state index in [1.807, 2.05) is 0 Å². The molecule has 0 bridgehead atoms. The maximum absolute atomic E-state index is 12.4. The number of alkyl halides is 3. The second-order valence-electron chi connectivity index (χ2n) is 3.39. The lowest BCUT2D eigenvalue weighted by molar-refractivity contribution is -0.227. The van der Waals surface area contributed by atoms with Gasteiger partial charge in [0.1, 0.15) is 0 Å². The standard InChI is InChI=1S/C8H14F3NO/c1-12-5-3-4-6(12)7(13-2)8(9,10)11/h6-7H,3-5H2,1-2H3. The van der Waals surface area contributed by atoms with Gasteiger partial charge in [0.05, 0.1) is 0 Å². The van der Waals surface area contributed by atoms with Crippen molar-refractivity contribution in [2.75, 3.05) is 20.7 Å². The van der Waals surface area contributed by atoms with Crippen molar-refractivity contribution in [1.82, 2.24) is 4.90 Å². The van der Waals surface area contributed by atoms with Crippen LogP contribution in [0.1, 0.15) is 12.8 Å². The summed E-state index contributed by atoms with van der Waals surface area (Å²) in [6.07, 6.45) is -4.51. The van der Waals surface area contributed by atoms with Crippen molar-refractivity contribution in [3.8, 4) is 0 Å². The second kappa shape index (κ2) is 3.84. The molecule has 2 atom stereocenters. The summed E-state index contributed by atoms with van der Waals surface area (Å²) < 4.78 is 41.7. The lowest BCUT2D eigenvalue weighted by atomic mass is 10.1. The van der Waals surface area contributed by atoms with Gasteiger partial charge in [-0.15, -0.1) is 0 Å². The summed E-state index contributed by atoms with van der Waals surface area (Å²) in [6, 6.07) is -0.509. The third kappa shape index (κ3) is 2.34. The molecule has 1 aliphatic heterocycles. The van der Waals surface area contributed by atoms with Crippen LogP contribution in [0.15, 0.2) is 0 Å². The van der Waals surface area contributed by atoms with Gasteiger partial charge < -0.3 is 9.64 Å². The van der Waals surface area contributed by atoms with Gasteiger partial charge in [-0.25, -0.2) is 0 Å². The van der Waals surface area contributed by atoms with Crippen LogP contribution >= 0.6 is 0 Å². The molecule has 0 aromatic carbocycles. The molecule has 78 valence electrons. The van der Waals surface area contributed by atoms with Gasteiger partial charge in [-0.3, -0.25) is 0 Å². The molecule has 0 aromatic rings. The quantitative estimate of drug-likeness (QED) is 0.667. The highest BCUT2D eigenvalue weighted by atomic mass is 19.4. The molecule has 0 amide bonds.